The van der Waals surface area contributed by atoms with Crippen molar-refractivity contribution in [1.82, 2.24) is 15.0 Å². The van der Waals surface area contributed by atoms with Crippen LogP contribution in [0.15, 0.2) is 59.3 Å². The molecule has 0 spiro atoms. The Morgan fingerprint density at radius 3 is 2.52 bits per heavy atom. The van der Waals surface area contributed by atoms with Crippen LogP contribution in [0.3, 0.4) is 0 Å². The number of oxazole rings is 1. The first-order valence-electron chi connectivity index (χ1n) is 7.51. The topological polar surface area (TPSA) is 73.1 Å². The van der Waals surface area contributed by atoms with Gasteiger partial charge in [-0.2, -0.15) is 0 Å². The van der Waals surface area contributed by atoms with Crippen molar-refractivity contribution in [3.05, 3.63) is 59.9 Å². The average molecular weight is 353 g/mol. The fourth-order valence-electron chi connectivity index (χ4n) is 2.33. The van der Waals surface area contributed by atoms with Crippen molar-refractivity contribution in [1.29, 1.82) is 0 Å². The fourth-order valence-corrected chi connectivity index (χ4v) is 2.50. The van der Waals surface area contributed by atoms with E-state index in [1.165, 1.54) is 0 Å². The summed E-state index contributed by atoms with van der Waals surface area (Å²) in [5, 5.41) is 3.74. The van der Waals surface area contributed by atoms with Crippen LogP contribution in [0, 0.1) is 0 Å². The Kier molecular flexibility index (Phi) is 3.95. The number of hydrogen-bond donors (Lipinski definition) is 1. The second-order valence-electron chi connectivity index (χ2n) is 5.28. The summed E-state index contributed by atoms with van der Waals surface area (Å²) in [6.45, 7) is 0. The van der Waals surface area contributed by atoms with E-state index in [0.717, 1.165) is 11.4 Å². The summed E-state index contributed by atoms with van der Waals surface area (Å²) < 4.78 is 10.8. The molecule has 7 heteroatoms. The van der Waals surface area contributed by atoms with Crippen LogP contribution in [0.5, 0.6) is 5.75 Å². The van der Waals surface area contributed by atoms with E-state index in [-0.39, 0.29) is 0 Å². The highest BCUT2D eigenvalue weighted by atomic mass is 35.5. The smallest absolute Gasteiger partial charge is 0.230 e. The SMILES string of the molecule is COc1ccc(Nc2ncc(-c3nc4cc(Cl)ccc4o3)cn2)cc1. The van der Waals surface area contributed by atoms with Crippen LogP contribution in [0.2, 0.25) is 5.02 Å². The first-order chi connectivity index (χ1) is 12.2. The molecule has 4 rings (SSSR count). The molecule has 2 heterocycles. The highest BCUT2D eigenvalue weighted by Crippen LogP contribution is 2.26. The molecule has 25 heavy (non-hydrogen) atoms. The van der Waals surface area contributed by atoms with Gasteiger partial charge in [-0.25, -0.2) is 15.0 Å². The lowest BCUT2D eigenvalue weighted by atomic mass is 10.3. The number of methoxy groups -OCH3 is 1. The molecule has 2 aromatic carbocycles. The lowest BCUT2D eigenvalue weighted by Gasteiger charge is -2.05. The Morgan fingerprint density at radius 2 is 1.80 bits per heavy atom. The number of fused-ring (bicyclic) bond motifs is 1. The lowest BCUT2D eigenvalue weighted by Crippen LogP contribution is -1.96. The predicted octanol–water partition coefficient (Wildman–Crippen LogP) is 4.69. The minimum Gasteiger partial charge on any atom is -0.497 e. The third-order valence-corrected chi connectivity index (χ3v) is 3.83. The quantitative estimate of drug-likeness (QED) is 0.574. The number of nitrogens with one attached hydrogen (secondary N) is 1. The van der Waals surface area contributed by atoms with Crippen molar-refractivity contribution in [2.24, 2.45) is 0 Å². The summed E-state index contributed by atoms with van der Waals surface area (Å²) in [5.74, 6) is 1.72. The number of nitrogens with zero attached hydrogens (tertiary/aromatic N) is 3. The van der Waals surface area contributed by atoms with Crippen LogP contribution >= 0.6 is 11.6 Å². The molecule has 0 saturated carbocycles. The molecule has 4 aromatic rings. The Balaban J connectivity index is 1.55. The summed E-state index contributed by atoms with van der Waals surface area (Å²) in [7, 11) is 1.63. The summed E-state index contributed by atoms with van der Waals surface area (Å²) in [6.07, 6.45) is 3.32. The average Bonchev–Trinajstić information content (AvgIpc) is 3.06. The number of aromatic nitrogens is 3. The number of hydrogen-bond acceptors (Lipinski definition) is 6. The van der Waals surface area contributed by atoms with Gasteiger partial charge in [-0.15, -0.1) is 0 Å². The van der Waals surface area contributed by atoms with Crippen molar-refractivity contribution in [2.45, 2.75) is 0 Å². The highest BCUT2D eigenvalue weighted by Gasteiger charge is 2.10. The molecule has 0 saturated heterocycles. The Morgan fingerprint density at radius 1 is 1.04 bits per heavy atom. The Labute approximate surface area is 148 Å². The van der Waals surface area contributed by atoms with Gasteiger partial charge in [-0.3, -0.25) is 0 Å². The zero-order valence-electron chi connectivity index (χ0n) is 13.2. The van der Waals surface area contributed by atoms with Gasteiger partial charge in [-0.05, 0) is 42.5 Å². The third-order valence-electron chi connectivity index (χ3n) is 3.59. The summed E-state index contributed by atoms with van der Waals surface area (Å²) in [6, 6.07) is 12.8. The van der Waals surface area contributed by atoms with Crippen LogP contribution in [0.4, 0.5) is 11.6 Å². The molecule has 0 aliphatic carbocycles. The van der Waals surface area contributed by atoms with Gasteiger partial charge >= 0.3 is 0 Å². The van der Waals surface area contributed by atoms with Gasteiger partial charge in [-0.1, -0.05) is 11.6 Å². The van der Waals surface area contributed by atoms with Gasteiger partial charge in [0, 0.05) is 23.1 Å². The molecule has 2 aromatic heterocycles. The van der Waals surface area contributed by atoms with E-state index in [1.54, 1.807) is 37.7 Å². The number of ether oxygens (including phenoxy) is 1. The molecule has 0 radical (unpaired) electrons. The molecule has 0 aliphatic heterocycles. The van der Waals surface area contributed by atoms with Crippen molar-refractivity contribution in [3.8, 4) is 17.2 Å². The molecule has 124 valence electrons. The van der Waals surface area contributed by atoms with Gasteiger partial charge in [0.05, 0.1) is 12.7 Å². The van der Waals surface area contributed by atoms with Gasteiger partial charge in [0.15, 0.2) is 5.58 Å². The molecule has 0 aliphatic rings. The van der Waals surface area contributed by atoms with E-state index in [1.807, 2.05) is 24.3 Å². The van der Waals surface area contributed by atoms with Gasteiger partial charge in [0.1, 0.15) is 11.3 Å². The molecule has 0 unspecified atom stereocenters. The molecule has 0 atom stereocenters. The number of halogens is 1. The van der Waals surface area contributed by atoms with Crippen molar-refractivity contribution in [3.63, 3.8) is 0 Å². The summed E-state index contributed by atoms with van der Waals surface area (Å²) in [5.41, 5.74) is 2.92. The molecule has 0 bridgehead atoms. The number of rotatable bonds is 4. The maximum Gasteiger partial charge on any atom is 0.230 e. The van der Waals surface area contributed by atoms with E-state index < -0.39 is 0 Å². The highest BCUT2D eigenvalue weighted by molar-refractivity contribution is 6.31. The first-order valence-corrected chi connectivity index (χ1v) is 7.89. The largest absolute Gasteiger partial charge is 0.497 e. The van der Waals surface area contributed by atoms with Crippen LogP contribution < -0.4 is 10.1 Å². The summed E-state index contributed by atoms with van der Waals surface area (Å²) in [4.78, 5) is 13.0. The zero-order valence-corrected chi connectivity index (χ0v) is 14.0. The van der Waals surface area contributed by atoms with Crippen LogP contribution in [0.1, 0.15) is 0 Å². The second-order valence-corrected chi connectivity index (χ2v) is 5.72. The minimum absolute atomic E-state index is 0.452. The van der Waals surface area contributed by atoms with Crippen molar-refractivity contribution in [2.75, 3.05) is 12.4 Å². The second kappa shape index (κ2) is 6.41. The van der Waals surface area contributed by atoms with Crippen LogP contribution in [-0.2, 0) is 0 Å². The maximum atomic E-state index is 5.97. The zero-order chi connectivity index (χ0) is 17.2. The number of anilines is 2. The predicted molar refractivity (Wildman–Crippen MR) is 96.3 cm³/mol. The normalized spacial score (nSPS) is 10.8. The van der Waals surface area contributed by atoms with E-state index in [4.69, 9.17) is 20.8 Å². The van der Waals surface area contributed by atoms with E-state index in [9.17, 15) is 0 Å². The van der Waals surface area contributed by atoms with E-state index >= 15 is 0 Å². The molecular weight excluding hydrogens is 340 g/mol. The lowest BCUT2D eigenvalue weighted by molar-refractivity contribution is 0.415. The van der Waals surface area contributed by atoms with Crippen LogP contribution in [-0.4, -0.2) is 22.1 Å². The third kappa shape index (κ3) is 3.25. The van der Waals surface area contributed by atoms with Crippen LogP contribution in [0.25, 0.3) is 22.6 Å². The Bertz CT molecular complexity index is 1010. The molecule has 0 fully saturated rings. The minimum atomic E-state index is 0.452. The fraction of sp³-hybridized carbons (Fsp3) is 0.0556. The van der Waals surface area contributed by atoms with E-state index in [2.05, 4.69) is 20.3 Å². The van der Waals surface area contributed by atoms with Gasteiger partial charge in [0.25, 0.3) is 0 Å². The first kappa shape index (κ1) is 15.4. The van der Waals surface area contributed by atoms with Gasteiger partial charge < -0.3 is 14.5 Å². The van der Waals surface area contributed by atoms with E-state index in [0.29, 0.717) is 33.5 Å². The molecule has 0 amide bonds. The maximum absolute atomic E-state index is 5.97. The Hall–Kier alpha value is -3.12. The standard InChI is InChI=1S/C18H13ClN4O2/c1-24-14-5-3-13(4-6-14)22-18-20-9-11(10-21-18)17-23-15-8-12(19)2-7-16(15)25-17/h2-10H,1H3,(H,20,21,22). The monoisotopic (exact) mass is 352 g/mol. The van der Waals surface area contributed by atoms with Gasteiger partial charge in [0.2, 0.25) is 11.8 Å². The molecule has 6 nitrogen and oxygen atoms in total. The molecule has 1 N–H and O–H groups in total. The van der Waals surface area contributed by atoms with Crippen molar-refractivity contribution < 1.29 is 9.15 Å². The number of benzene rings is 2. The van der Waals surface area contributed by atoms with Crippen molar-refractivity contribution >= 4 is 34.3 Å². The summed E-state index contributed by atoms with van der Waals surface area (Å²) >= 11 is 5.97. The molecular formula is C18H13ClN4O2.